The van der Waals surface area contributed by atoms with Gasteiger partial charge in [0.1, 0.15) is 6.10 Å². The Kier molecular flexibility index (Phi) is 3.11. The second kappa shape index (κ2) is 4.78. The van der Waals surface area contributed by atoms with Crippen molar-refractivity contribution in [1.82, 2.24) is 10.2 Å². The van der Waals surface area contributed by atoms with Crippen LogP contribution in [0.2, 0.25) is 5.02 Å². The molecule has 100 valence electrons. The van der Waals surface area contributed by atoms with Crippen molar-refractivity contribution in [2.24, 2.45) is 0 Å². The molecular formula is C14H16ClN3O. The smallest absolute Gasteiger partial charge is 0.161 e. The van der Waals surface area contributed by atoms with Crippen LogP contribution < -0.4 is 9.64 Å². The van der Waals surface area contributed by atoms with Crippen LogP contribution in [0.15, 0.2) is 24.4 Å². The van der Waals surface area contributed by atoms with Gasteiger partial charge in [0, 0.05) is 17.8 Å². The first kappa shape index (κ1) is 12.4. The third kappa shape index (κ3) is 2.28. The number of rotatable bonds is 2. The summed E-state index contributed by atoms with van der Waals surface area (Å²) in [6, 6.07) is 5.86. The molecule has 1 aromatic heterocycles. The van der Waals surface area contributed by atoms with Gasteiger partial charge in [-0.05, 0) is 26.0 Å². The SMILES string of the molecule is Cc1[nH]ncc1CN1CC(C)Oc2c(Cl)cccc21. The molecule has 1 unspecified atom stereocenters. The highest BCUT2D eigenvalue weighted by Gasteiger charge is 2.25. The molecule has 4 nitrogen and oxygen atoms in total. The Morgan fingerprint density at radius 2 is 2.37 bits per heavy atom. The fourth-order valence-electron chi connectivity index (χ4n) is 2.40. The van der Waals surface area contributed by atoms with Gasteiger partial charge in [-0.3, -0.25) is 5.10 Å². The van der Waals surface area contributed by atoms with Gasteiger partial charge in [0.25, 0.3) is 0 Å². The molecule has 0 saturated carbocycles. The summed E-state index contributed by atoms with van der Waals surface area (Å²) in [5.41, 5.74) is 3.34. The predicted octanol–water partition coefficient (Wildman–Crippen LogP) is 3.16. The van der Waals surface area contributed by atoms with Gasteiger partial charge < -0.3 is 9.64 Å². The molecule has 2 heterocycles. The maximum atomic E-state index is 6.22. The average Bonchev–Trinajstić information content (AvgIpc) is 2.76. The van der Waals surface area contributed by atoms with E-state index in [1.54, 1.807) is 0 Å². The lowest BCUT2D eigenvalue weighted by Crippen LogP contribution is -2.38. The van der Waals surface area contributed by atoms with E-state index in [0.29, 0.717) is 5.02 Å². The summed E-state index contributed by atoms with van der Waals surface area (Å²) in [5, 5.41) is 7.71. The van der Waals surface area contributed by atoms with Crippen LogP contribution >= 0.6 is 11.6 Å². The van der Waals surface area contributed by atoms with E-state index in [9.17, 15) is 0 Å². The molecule has 0 bridgehead atoms. The molecule has 2 aromatic rings. The molecule has 0 aliphatic carbocycles. The summed E-state index contributed by atoms with van der Waals surface area (Å²) >= 11 is 6.22. The van der Waals surface area contributed by atoms with E-state index in [0.717, 1.165) is 30.2 Å². The molecule has 19 heavy (non-hydrogen) atoms. The summed E-state index contributed by atoms with van der Waals surface area (Å²) in [6.45, 7) is 5.74. The number of para-hydroxylation sites is 1. The van der Waals surface area contributed by atoms with Crippen molar-refractivity contribution < 1.29 is 4.74 Å². The molecule has 1 aromatic carbocycles. The van der Waals surface area contributed by atoms with Crippen LogP contribution in [-0.4, -0.2) is 22.8 Å². The fourth-order valence-corrected chi connectivity index (χ4v) is 2.61. The number of benzene rings is 1. The van der Waals surface area contributed by atoms with Crippen molar-refractivity contribution in [2.45, 2.75) is 26.5 Å². The summed E-state index contributed by atoms with van der Waals surface area (Å²) < 4.78 is 5.85. The van der Waals surface area contributed by atoms with E-state index in [1.165, 1.54) is 5.56 Å². The normalized spacial score (nSPS) is 18.1. The summed E-state index contributed by atoms with van der Waals surface area (Å²) in [7, 11) is 0. The molecule has 0 fully saturated rings. The standard InChI is InChI=1S/C14H16ClN3O/c1-9-7-18(8-11-6-16-17-10(11)2)13-5-3-4-12(15)14(13)19-9/h3-6,9H,7-8H2,1-2H3,(H,16,17). The number of aromatic amines is 1. The zero-order chi connectivity index (χ0) is 13.4. The van der Waals surface area contributed by atoms with Gasteiger partial charge in [0.05, 0.1) is 23.5 Å². The number of anilines is 1. The molecule has 0 amide bonds. The molecule has 1 aliphatic heterocycles. The molecular weight excluding hydrogens is 262 g/mol. The van der Waals surface area contributed by atoms with Crippen molar-refractivity contribution >= 4 is 17.3 Å². The first-order valence-corrected chi connectivity index (χ1v) is 6.72. The molecule has 5 heteroatoms. The summed E-state index contributed by atoms with van der Waals surface area (Å²) in [4.78, 5) is 2.28. The van der Waals surface area contributed by atoms with Crippen LogP contribution in [0.3, 0.4) is 0 Å². The van der Waals surface area contributed by atoms with Crippen LogP contribution in [-0.2, 0) is 6.54 Å². The highest BCUT2D eigenvalue weighted by Crippen LogP contribution is 2.39. The lowest BCUT2D eigenvalue weighted by molar-refractivity contribution is 0.212. The minimum absolute atomic E-state index is 0.125. The van der Waals surface area contributed by atoms with E-state index in [4.69, 9.17) is 16.3 Å². The van der Waals surface area contributed by atoms with Gasteiger partial charge in [-0.1, -0.05) is 17.7 Å². The Morgan fingerprint density at radius 1 is 1.53 bits per heavy atom. The van der Waals surface area contributed by atoms with Crippen molar-refractivity contribution in [3.8, 4) is 5.75 Å². The van der Waals surface area contributed by atoms with E-state index in [-0.39, 0.29) is 6.10 Å². The molecule has 3 rings (SSSR count). The molecule has 0 radical (unpaired) electrons. The minimum atomic E-state index is 0.125. The van der Waals surface area contributed by atoms with Gasteiger partial charge in [0.15, 0.2) is 5.75 Å². The van der Waals surface area contributed by atoms with Crippen LogP contribution in [0.25, 0.3) is 0 Å². The third-order valence-corrected chi connectivity index (χ3v) is 3.68. The number of hydrogen-bond donors (Lipinski definition) is 1. The average molecular weight is 278 g/mol. The van der Waals surface area contributed by atoms with E-state index >= 15 is 0 Å². The number of H-pyrrole nitrogens is 1. The predicted molar refractivity (Wildman–Crippen MR) is 75.9 cm³/mol. The van der Waals surface area contributed by atoms with Crippen molar-refractivity contribution in [2.75, 3.05) is 11.4 Å². The van der Waals surface area contributed by atoms with E-state index in [1.807, 2.05) is 31.3 Å². The second-order valence-electron chi connectivity index (χ2n) is 4.92. The fraction of sp³-hybridized carbons (Fsp3) is 0.357. The highest BCUT2D eigenvalue weighted by molar-refractivity contribution is 6.32. The second-order valence-corrected chi connectivity index (χ2v) is 5.32. The molecule has 0 saturated heterocycles. The van der Waals surface area contributed by atoms with Gasteiger partial charge >= 0.3 is 0 Å². The lowest BCUT2D eigenvalue weighted by atomic mass is 10.1. The number of aromatic nitrogens is 2. The highest BCUT2D eigenvalue weighted by atomic mass is 35.5. The maximum absolute atomic E-state index is 6.22. The topological polar surface area (TPSA) is 41.2 Å². The number of hydrogen-bond acceptors (Lipinski definition) is 3. The number of halogens is 1. The lowest BCUT2D eigenvalue weighted by Gasteiger charge is -2.35. The van der Waals surface area contributed by atoms with Crippen molar-refractivity contribution in [1.29, 1.82) is 0 Å². The maximum Gasteiger partial charge on any atom is 0.161 e. The van der Waals surface area contributed by atoms with Crippen LogP contribution in [0, 0.1) is 6.92 Å². The number of fused-ring (bicyclic) bond motifs is 1. The van der Waals surface area contributed by atoms with Gasteiger partial charge in [-0.2, -0.15) is 5.10 Å². The Labute approximate surface area is 117 Å². The monoisotopic (exact) mass is 277 g/mol. The van der Waals surface area contributed by atoms with Gasteiger partial charge in [-0.25, -0.2) is 0 Å². The van der Waals surface area contributed by atoms with Gasteiger partial charge in [-0.15, -0.1) is 0 Å². The third-order valence-electron chi connectivity index (χ3n) is 3.38. The summed E-state index contributed by atoms with van der Waals surface area (Å²) in [5.74, 6) is 0.782. The molecule has 0 spiro atoms. The largest absolute Gasteiger partial charge is 0.485 e. The van der Waals surface area contributed by atoms with Gasteiger partial charge in [0.2, 0.25) is 0 Å². The quantitative estimate of drug-likeness (QED) is 0.917. The van der Waals surface area contributed by atoms with Crippen LogP contribution in [0.1, 0.15) is 18.2 Å². The summed E-state index contributed by atoms with van der Waals surface area (Å²) in [6.07, 6.45) is 2.00. The Balaban J connectivity index is 1.95. The zero-order valence-electron chi connectivity index (χ0n) is 11.0. The van der Waals surface area contributed by atoms with E-state index in [2.05, 4.69) is 22.0 Å². The molecule has 1 aliphatic rings. The minimum Gasteiger partial charge on any atom is -0.485 e. The first-order chi connectivity index (χ1) is 9.15. The van der Waals surface area contributed by atoms with Crippen molar-refractivity contribution in [3.63, 3.8) is 0 Å². The Hall–Kier alpha value is -1.68. The Morgan fingerprint density at radius 3 is 3.11 bits per heavy atom. The number of ether oxygens (including phenoxy) is 1. The Bertz CT molecular complexity index is 596. The molecule has 1 N–H and O–H groups in total. The van der Waals surface area contributed by atoms with E-state index < -0.39 is 0 Å². The molecule has 1 atom stereocenters. The van der Waals surface area contributed by atoms with Crippen LogP contribution in [0.4, 0.5) is 5.69 Å². The zero-order valence-corrected chi connectivity index (χ0v) is 11.7. The number of nitrogens with zero attached hydrogens (tertiary/aromatic N) is 2. The number of nitrogens with one attached hydrogen (secondary N) is 1. The first-order valence-electron chi connectivity index (χ1n) is 6.34. The number of aryl methyl sites for hydroxylation is 1. The van der Waals surface area contributed by atoms with Crippen molar-refractivity contribution in [3.05, 3.63) is 40.7 Å². The van der Waals surface area contributed by atoms with Crippen LogP contribution in [0.5, 0.6) is 5.75 Å².